The Labute approximate surface area is 105 Å². The van der Waals surface area contributed by atoms with Crippen molar-refractivity contribution in [1.82, 2.24) is 4.90 Å². The van der Waals surface area contributed by atoms with Gasteiger partial charge in [-0.15, -0.1) is 0 Å². The summed E-state index contributed by atoms with van der Waals surface area (Å²) in [4.78, 5) is 2.59. The zero-order valence-corrected chi connectivity index (χ0v) is 11.2. The van der Waals surface area contributed by atoms with Crippen LogP contribution >= 0.6 is 0 Å². The molecule has 1 fully saturated rings. The molecule has 2 unspecified atom stereocenters. The quantitative estimate of drug-likeness (QED) is 0.868. The van der Waals surface area contributed by atoms with Crippen LogP contribution in [0.4, 0.5) is 0 Å². The molecule has 2 nitrogen and oxygen atoms in total. The van der Waals surface area contributed by atoms with Crippen molar-refractivity contribution >= 4 is 0 Å². The normalized spacial score (nSPS) is 25.7. The standard InChI is InChI=1S/C15H24N2/c1-11(2)17-8-7-14(10-16)15(17)13-6-4-5-12(3)9-13/h4-6,9,11,14-15H,7-8,10,16H2,1-3H3. The van der Waals surface area contributed by atoms with Gasteiger partial charge in [0.05, 0.1) is 0 Å². The number of rotatable bonds is 3. The fourth-order valence-corrected chi connectivity index (χ4v) is 3.03. The van der Waals surface area contributed by atoms with Crippen LogP contribution in [0, 0.1) is 12.8 Å². The topological polar surface area (TPSA) is 29.3 Å². The minimum atomic E-state index is 0.514. The van der Waals surface area contributed by atoms with Gasteiger partial charge >= 0.3 is 0 Å². The van der Waals surface area contributed by atoms with Gasteiger partial charge in [-0.05, 0) is 51.8 Å². The molecule has 1 saturated heterocycles. The average Bonchev–Trinajstić information content (AvgIpc) is 2.72. The number of benzene rings is 1. The molecule has 0 aliphatic carbocycles. The Morgan fingerprint density at radius 2 is 2.18 bits per heavy atom. The fourth-order valence-electron chi connectivity index (χ4n) is 3.03. The van der Waals surface area contributed by atoms with Crippen LogP contribution in [-0.2, 0) is 0 Å². The van der Waals surface area contributed by atoms with Gasteiger partial charge in [-0.1, -0.05) is 29.8 Å². The highest BCUT2D eigenvalue weighted by atomic mass is 15.2. The summed E-state index contributed by atoms with van der Waals surface area (Å²) in [6.45, 7) is 8.69. The van der Waals surface area contributed by atoms with Crippen molar-refractivity contribution in [2.24, 2.45) is 11.7 Å². The van der Waals surface area contributed by atoms with E-state index in [2.05, 4.69) is 49.9 Å². The second-order valence-electron chi connectivity index (χ2n) is 5.48. The Kier molecular flexibility index (Phi) is 3.85. The molecule has 0 amide bonds. The lowest BCUT2D eigenvalue weighted by atomic mass is 9.92. The molecule has 2 atom stereocenters. The molecule has 0 aromatic heterocycles. The summed E-state index contributed by atoms with van der Waals surface area (Å²) in [5.41, 5.74) is 8.71. The maximum absolute atomic E-state index is 5.94. The van der Waals surface area contributed by atoms with E-state index in [4.69, 9.17) is 5.73 Å². The second-order valence-corrected chi connectivity index (χ2v) is 5.48. The van der Waals surface area contributed by atoms with Gasteiger partial charge in [0, 0.05) is 12.1 Å². The highest BCUT2D eigenvalue weighted by Crippen LogP contribution is 2.38. The maximum Gasteiger partial charge on any atom is 0.0391 e. The lowest BCUT2D eigenvalue weighted by molar-refractivity contribution is 0.184. The third kappa shape index (κ3) is 2.53. The number of likely N-dealkylation sites (tertiary alicyclic amines) is 1. The number of nitrogens with zero attached hydrogens (tertiary/aromatic N) is 1. The first kappa shape index (κ1) is 12.6. The minimum Gasteiger partial charge on any atom is -0.330 e. The molecule has 1 aliphatic rings. The highest BCUT2D eigenvalue weighted by molar-refractivity contribution is 5.26. The van der Waals surface area contributed by atoms with Crippen LogP contribution in [0.5, 0.6) is 0 Å². The van der Waals surface area contributed by atoms with Crippen LogP contribution in [-0.4, -0.2) is 24.0 Å². The van der Waals surface area contributed by atoms with Crippen molar-refractivity contribution in [3.8, 4) is 0 Å². The molecule has 0 spiro atoms. The van der Waals surface area contributed by atoms with Gasteiger partial charge < -0.3 is 5.73 Å². The smallest absolute Gasteiger partial charge is 0.0391 e. The molecule has 17 heavy (non-hydrogen) atoms. The highest BCUT2D eigenvalue weighted by Gasteiger charge is 2.35. The van der Waals surface area contributed by atoms with Crippen molar-refractivity contribution in [2.75, 3.05) is 13.1 Å². The zero-order chi connectivity index (χ0) is 12.4. The van der Waals surface area contributed by atoms with Gasteiger partial charge in [-0.2, -0.15) is 0 Å². The molecule has 2 heteroatoms. The largest absolute Gasteiger partial charge is 0.330 e. The van der Waals surface area contributed by atoms with Crippen molar-refractivity contribution in [2.45, 2.75) is 39.3 Å². The van der Waals surface area contributed by atoms with Crippen LogP contribution in [0.1, 0.15) is 37.4 Å². The molecule has 1 aromatic rings. The molecule has 1 heterocycles. The summed E-state index contributed by atoms with van der Waals surface area (Å²) < 4.78 is 0. The van der Waals surface area contributed by atoms with Crippen molar-refractivity contribution in [3.63, 3.8) is 0 Å². The van der Waals surface area contributed by atoms with E-state index >= 15 is 0 Å². The van der Waals surface area contributed by atoms with Crippen molar-refractivity contribution < 1.29 is 0 Å². The van der Waals surface area contributed by atoms with E-state index < -0.39 is 0 Å². The fraction of sp³-hybridized carbons (Fsp3) is 0.600. The van der Waals surface area contributed by atoms with Crippen LogP contribution in [0.15, 0.2) is 24.3 Å². The summed E-state index contributed by atoms with van der Waals surface area (Å²) in [6, 6.07) is 10.00. The predicted octanol–water partition coefficient (Wildman–Crippen LogP) is 2.73. The molecule has 0 saturated carbocycles. The predicted molar refractivity (Wildman–Crippen MR) is 72.9 cm³/mol. The van der Waals surface area contributed by atoms with E-state index in [0.717, 1.165) is 6.54 Å². The first-order valence-electron chi connectivity index (χ1n) is 6.66. The molecule has 0 bridgehead atoms. The first-order chi connectivity index (χ1) is 8.13. The zero-order valence-electron chi connectivity index (χ0n) is 11.2. The molecular formula is C15H24N2. The first-order valence-corrected chi connectivity index (χ1v) is 6.66. The molecule has 94 valence electrons. The van der Waals surface area contributed by atoms with Crippen LogP contribution < -0.4 is 5.73 Å². The van der Waals surface area contributed by atoms with Gasteiger partial charge in [0.1, 0.15) is 0 Å². The summed E-state index contributed by atoms with van der Waals surface area (Å²) in [6.07, 6.45) is 1.23. The molecule has 0 radical (unpaired) electrons. The van der Waals surface area contributed by atoms with Crippen LogP contribution in [0.2, 0.25) is 0 Å². The van der Waals surface area contributed by atoms with Gasteiger partial charge in [0.25, 0.3) is 0 Å². The van der Waals surface area contributed by atoms with Gasteiger partial charge in [0.2, 0.25) is 0 Å². The maximum atomic E-state index is 5.94. The SMILES string of the molecule is Cc1cccc(C2C(CN)CCN2C(C)C)c1. The number of hydrogen-bond donors (Lipinski definition) is 1. The Hall–Kier alpha value is -0.860. The summed E-state index contributed by atoms with van der Waals surface area (Å²) in [5, 5.41) is 0. The minimum absolute atomic E-state index is 0.514. The number of aryl methyl sites for hydroxylation is 1. The van der Waals surface area contributed by atoms with E-state index in [0.29, 0.717) is 18.0 Å². The summed E-state index contributed by atoms with van der Waals surface area (Å²) >= 11 is 0. The molecule has 2 N–H and O–H groups in total. The number of nitrogens with two attached hydrogens (primary N) is 1. The third-order valence-electron chi connectivity index (χ3n) is 3.91. The Bertz CT molecular complexity index is 373. The lowest BCUT2D eigenvalue weighted by Gasteiger charge is -2.31. The Morgan fingerprint density at radius 1 is 1.41 bits per heavy atom. The second kappa shape index (κ2) is 5.19. The molecule has 2 rings (SSSR count). The van der Waals surface area contributed by atoms with E-state index in [-0.39, 0.29) is 0 Å². The van der Waals surface area contributed by atoms with Crippen LogP contribution in [0.25, 0.3) is 0 Å². The van der Waals surface area contributed by atoms with Gasteiger partial charge in [-0.3, -0.25) is 4.90 Å². The van der Waals surface area contributed by atoms with E-state index in [9.17, 15) is 0 Å². The van der Waals surface area contributed by atoms with Gasteiger partial charge in [-0.25, -0.2) is 0 Å². The lowest BCUT2D eigenvalue weighted by Crippen LogP contribution is -2.33. The monoisotopic (exact) mass is 232 g/mol. The van der Waals surface area contributed by atoms with E-state index in [1.54, 1.807) is 0 Å². The Morgan fingerprint density at radius 3 is 2.76 bits per heavy atom. The molecule has 1 aliphatic heterocycles. The summed E-state index contributed by atoms with van der Waals surface area (Å²) in [5.74, 6) is 0.610. The average molecular weight is 232 g/mol. The van der Waals surface area contributed by atoms with Gasteiger partial charge in [0.15, 0.2) is 0 Å². The third-order valence-corrected chi connectivity index (χ3v) is 3.91. The number of hydrogen-bond acceptors (Lipinski definition) is 2. The van der Waals surface area contributed by atoms with Crippen molar-refractivity contribution in [1.29, 1.82) is 0 Å². The summed E-state index contributed by atoms with van der Waals surface area (Å²) in [7, 11) is 0. The molecule has 1 aromatic carbocycles. The van der Waals surface area contributed by atoms with E-state index in [1.165, 1.54) is 24.1 Å². The Balaban J connectivity index is 2.31. The molecular weight excluding hydrogens is 208 g/mol. The van der Waals surface area contributed by atoms with E-state index in [1.807, 2.05) is 0 Å². The van der Waals surface area contributed by atoms with Crippen LogP contribution in [0.3, 0.4) is 0 Å². The van der Waals surface area contributed by atoms with Crippen molar-refractivity contribution in [3.05, 3.63) is 35.4 Å².